The fourth-order valence-corrected chi connectivity index (χ4v) is 3.20. The number of carbonyl (C=O) groups excluding carboxylic acids is 2. The Kier molecular flexibility index (Phi) is 5.72. The van der Waals surface area contributed by atoms with E-state index in [1.807, 2.05) is 6.07 Å². The van der Waals surface area contributed by atoms with E-state index in [4.69, 9.17) is 4.52 Å². The molecule has 2 aromatic rings. The monoisotopic (exact) mass is 360 g/mol. The van der Waals surface area contributed by atoms with Gasteiger partial charge in [0.05, 0.1) is 11.5 Å². The molecule has 3 rings (SSSR count). The zero-order valence-electron chi connectivity index (χ0n) is 13.9. The maximum atomic E-state index is 11.9. The minimum absolute atomic E-state index is 0.0892. The Bertz CT molecular complexity index is 775. The summed E-state index contributed by atoms with van der Waals surface area (Å²) in [6.45, 7) is 4.04. The molecule has 0 unspecified atom stereocenters. The highest BCUT2D eigenvalue weighted by atomic mass is 32.2. The Labute approximate surface area is 149 Å². The van der Waals surface area contributed by atoms with Crippen molar-refractivity contribution in [2.24, 2.45) is 0 Å². The van der Waals surface area contributed by atoms with Gasteiger partial charge in [-0.3, -0.25) is 9.59 Å². The molecule has 1 aromatic heterocycles. The van der Waals surface area contributed by atoms with Crippen molar-refractivity contribution in [3.63, 3.8) is 0 Å². The number of rotatable bonds is 7. The van der Waals surface area contributed by atoms with Gasteiger partial charge in [-0.2, -0.15) is 0 Å². The minimum Gasteiger partial charge on any atom is -0.360 e. The Balaban J connectivity index is 1.34. The number of benzene rings is 1. The smallest absolute Gasteiger partial charge is 0.235 e. The van der Waals surface area contributed by atoms with Crippen LogP contribution in [0.15, 0.2) is 28.8 Å². The van der Waals surface area contributed by atoms with Crippen LogP contribution in [0, 0.1) is 6.92 Å². The molecule has 25 heavy (non-hydrogen) atoms. The van der Waals surface area contributed by atoms with Crippen LogP contribution >= 0.6 is 11.8 Å². The number of carbonyl (C=O) groups is 2. The van der Waals surface area contributed by atoms with Crippen molar-refractivity contribution in [1.29, 1.82) is 0 Å². The Hall–Kier alpha value is -2.32. The highest BCUT2D eigenvalue weighted by molar-refractivity contribution is 8.00. The van der Waals surface area contributed by atoms with Crippen molar-refractivity contribution in [1.82, 2.24) is 15.8 Å². The van der Waals surface area contributed by atoms with Gasteiger partial charge in [-0.1, -0.05) is 23.4 Å². The van der Waals surface area contributed by atoms with E-state index < -0.39 is 0 Å². The summed E-state index contributed by atoms with van der Waals surface area (Å²) in [6, 6.07) is 7.89. The van der Waals surface area contributed by atoms with Gasteiger partial charge in [0.15, 0.2) is 5.82 Å². The molecule has 0 radical (unpaired) electrons. The SMILES string of the molecule is Cc1cc(NC(=O)CSCC(=O)NCc2ccc3c(c2)CNC3)no1. The molecule has 0 aliphatic carbocycles. The molecule has 0 atom stereocenters. The van der Waals surface area contributed by atoms with Crippen LogP contribution in [0.3, 0.4) is 0 Å². The highest BCUT2D eigenvalue weighted by Gasteiger charge is 2.11. The van der Waals surface area contributed by atoms with Crippen LogP contribution in [0.1, 0.15) is 22.5 Å². The summed E-state index contributed by atoms with van der Waals surface area (Å²) in [6.07, 6.45) is 0. The van der Waals surface area contributed by atoms with Crippen LogP contribution in [0.5, 0.6) is 0 Å². The number of anilines is 1. The first-order valence-electron chi connectivity index (χ1n) is 7.99. The third kappa shape index (κ3) is 5.07. The molecule has 1 aliphatic heterocycles. The summed E-state index contributed by atoms with van der Waals surface area (Å²) in [5.74, 6) is 1.14. The molecular formula is C17H20N4O3S. The Morgan fingerprint density at radius 2 is 2.00 bits per heavy atom. The van der Waals surface area contributed by atoms with E-state index in [9.17, 15) is 9.59 Å². The molecule has 0 fully saturated rings. The van der Waals surface area contributed by atoms with E-state index in [2.05, 4.69) is 33.2 Å². The quantitative estimate of drug-likeness (QED) is 0.694. The predicted molar refractivity (Wildman–Crippen MR) is 96.0 cm³/mol. The molecule has 0 saturated carbocycles. The summed E-state index contributed by atoms with van der Waals surface area (Å²) in [7, 11) is 0. The minimum atomic E-state index is -0.211. The highest BCUT2D eigenvalue weighted by Crippen LogP contribution is 2.17. The third-order valence-electron chi connectivity index (χ3n) is 3.75. The number of fused-ring (bicyclic) bond motifs is 1. The van der Waals surface area contributed by atoms with E-state index in [-0.39, 0.29) is 23.3 Å². The lowest BCUT2D eigenvalue weighted by Crippen LogP contribution is -2.25. The average molecular weight is 360 g/mol. The number of hydrogen-bond acceptors (Lipinski definition) is 6. The first-order chi connectivity index (χ1) is 12.1. The van der Waals surface area contributed by atoms with Gasteiger partial charge >= 0.3 is 0 Å². The molecule has 1 aromatic carbocycles. The molecule has 7 nitrogen and oxygen atoms in total. The van der Waals surface area contributed by atoms with Crippen LogP contribution in [0.2, 0.25) is 0 Å². The van der Waals surface area contributed by atoms with Crippen molar-refractivity contribution in [3.8, 4) is 0 Å². The zero-order valence-corrected chi connectivity index (χ0v) is 14.7. The lowest BCUT2D eigenvalue weighted by atomic mass is 10.1. The number of aromatic nitrogens is 1. The molecular weight excluding hydrogens is 340 g/mol. The van der Waals surface area contributed by atoms with E-state index in [0.717, 1.165) is 18.7 Å². The molecule has 2 heterocycles. The van der Waals surface area contributed by atoms with Gasteiger partial charge < -0.3 is 20.5 Å². The number of amides is 2. The Morgan fingerprint density at radius 3 is 2.80 bits per heavy atom. The van der Waals surface area contributed by atoms with Gasteiger partial charge in [0.1, 0.15) is 5.76 Å². The summed E-state index contributed by atoms with van der Waals surface area (Å²) in [5, 5.41) is 12.5. The zero-order chi connectivity index (χ0) is 17.6. The molecule has 0 spiro atoms. The number of nitrogens with one attached hydrogen (secondary N) is 3. The van der Waals surface area contributed by atoms with Crippen molar-refractivity contribution in [3.05, 3.63) is 46.7 Å². The van der Waals surface area contributed by atoms with Crippen molar-refractivity contribution >= 4 is 29.4 Å². The van der Waals surface area contributed by atoms with Crippen LogP contribution in [0.25, 0.3) is 0 Å². The second kappa shape index (κ2) is 8.17. The fraction of sp³-hybridized carbons (Fsp3) is 0.353. The first kappa shape index (κ1) is 17.5. The molecule has 8 heteroatoms. The van der Waals surface area contributed by atoms with Gasteiger partial charge in [-0.05, 0) is 23.6 Å². The van der Waals surface area contributed by atoms with Crippen LogP contribution in [-0.2, 0) is 29.2 Å². The van der Waals surface area contributed by atoms with Crippen LogP contribution in [0.4, 0.5) is 5.82 Å². The van der Waals surface area contributed by atoms with Gasteiger partial charge in [0, 0.05) is 25.7 Å². The molecule has 132 valence electrons. The van der Waals surface area contributed by atoms with Gasteiger partial charge in [-0.25, -0.2) is 0 Å². The third-order valence-corrected chi connectivity index (χ3v) is 4.69. The maximum Gasteiger partial charge on any atom is 0.235 e. The predicted octanol–water partition coefficient (Wildman–Crippen LogP) is 1.57. The largest absolute Gasteiger partial charge is 0.360 e. The van der Waals surface area contributed by atoms with Crippen LogP contribution in [-0.4, -0.2) is 28.5 Å². The number of thioether (sulfide) groups is 1. The second-order valence-electron chi connectivity index (χ2n) is 5.85. The maximum absolute atomic E-state index is 11.9. The summed E-state index contributed by atoms with van der Waals surface area (Å²) in [4.78, 5) is 23.6. The molecule has 2 amide bonds. The standard InChI is InChI=1S/C17H20N4O3S/c1-11-4-15(21-24-11)20-17(23)10-25-9-16(22)19-6-12-2-3-13-7-18-8-14(13)5-12/h2-5,18H,6-10H2,1H3,(H,19,22)(H,20,21,23). The normalized spacial score (nSPS) is 12.7. The van der Waals surface area contributed by atoms with Gasteiger partial charge in [0.25, 0.3) is 0 Å². The fourth-order valence-electron chi connectivity index (χ4n) is 2.55. The van der Waals surface area contributed by atoms with Gasteiger partial charge in [-0.15, -0.1) is 11.8 Å². The van der Waals surface area contributed by atoms with E-state index in [0.29, 0.717) is 18.1 Å². The van der Waals surface area contributed by atoms with E-state index in [1.54, 1.807) is 13.0 Å². The summed E-state index contributed by atoms with van der Waals surface area (Å²) in [5.41, 5.74) is 3.69. The number of aryl methyl sites for hydroxylation is 1. The van der Waals surface area contributed by atoms with Crippen LogP contribution < -0.4 is 16.0 Å². The molecule has 0 saturated heterocycles. The molecule has 0 bridgehead atoms. The van der Waals surface area contributed by atoms with E-state index in [1.165, 1.54) is 22.9 Å². The summed E-state index contributed by atoms with van der Waals surface area (Å²) < 4.78 is 4.87. The van der Waals surface area contributed by atoms with Gasteiger partial charge in [0.2, 0.25) is 11.8 Å². The van der Waals surface area contributed by atoms with Crippen molar-refractivity contribution in [2.75, 3.05) is 16.8 Å². The second-order valence-corrected chi connectivity index (χ2v) is 6.83. The lowest BCUT2D eigenvalue weighted by Gasteiger charge is -2.07. The number of hydrogen-bond donors (Lipinski definition) is 3. The van der Waals surface area contributed by atoms with E-state index >= 15 is 0 Å². The lowest BCUT2D eigenvalue weighted by molar-refractivity contribution is -0.118. The summed E-state index contributed by atoms with van der Waals surface area (Å²) >= 11 is 1.26. The van der Waals surface area contributed by atoms with Crippen molar-refractivity contribution < 1.29 is 14.1 Å². The molecule has 1 aliphatic rings. The van der Waals surface area contributed by atoms with Crippen molar-refractivity contribution in [2.45, 2.75) is 26.6 Å². The average Bonchev–Trinajstić information content (AvgIpc) is 3.21. The topological polar surface area (TPSA) is 96.3 Å². The Morgan fingerprint density at radius 1 is 1.20 bits per heavy atom. The molecule has 3 N–H and O–H groups in total. The first-order valence-corrected chi connectivity index (χ1v) is 9.14. The number of nitrogens with zero attached hydrogens (tertiary/aromatic N) is 1.